The van der Waals surface area contributed by atoms with Crippen LogP contribution >= 0.6 is 11.6 Å². The lowest BCUT2D eigenvalue weighted by molar-refractivity contribution is 0.233. The first kappa shape index (κ1) is 6.12. The Morgan fingerprint density at radius 2 is 2.62 bits per heavy atom. The smallest absolute Gasteiger partial charge is 0.0465 e. The molecular weight excluding hydrogens is 124 g/mol. The number of allylic oxidation sites excluding steroid dienone is 2. The van der Waals surface area contributed by atoms with E-state index >= 15 is 0 Å². The van der Waals surface area contributed by atoms with Gasteiger partial charge in [-0.2, -0.15) is 0 Å². The van der Waals surface area contributed by atoms with E-state index in [2.05, 4.69) is 0 Å². The van der Waals surface area contributed by atoms with Gasteiger partial charge in [-0.15, -0.1) is 0 Å². The standard InChI is InChI=1S/C6H9ClO/c7-6-2-1-5(3-6)4-8/h2,5,8H,1,3-4H2. The van der Waals surface area contributed by atoms with Crippen LogP contribution in [0.15, 0.2) is 11.1 Å². The fraction of sp³-hybridized carbons (Fsp3) is 0.667. The highest BCUT2D eigenvalue weighted by Crippen LogP contribution is 2.26. The number of hydrogen-bond donors (Lipinski definition) is 1. The Balaban J connectivity index is 2.32. The van der Waals surface area contributed by atoms with Gasteiger partial charge in [-0.25, -0.2) is 0 Å². The molecule has 1 rings (SSSR count). The zero-order valence-corrected chi connectivity index (χ0v) is 5.36. The Hall–Kier alpha value is -0.0100. The van der Waals surface area contributed by atoms with Crippen LogP contribution in [0.2, 0.25) is 0 Å². The van der Waals surface area contributed by atoms with E-state index in [0.29, 0.717) is 5.92 Å². The fourth-order valence-corrected chi connectivity index (χ4v) is 1.18. The van der Waals surface area contributed by atoms with Gasteiger partial charge >= 0.3 is 0 Å². The van der Waals surface area contributed by atoms with Crippen molar-refractivity contribution in [3.63, 3.8) is 0 Å². The van der Waals surface area contributed by atoms with E-state index in [9.17, 15) is 0 Å². The quantitative estimate of drug-likeness (QED) is 0.574. The molecule has 0 aromatic rings. The van der Waals surface area contributed by atoms with Crippen LogP contribution in [0, 0.1) is 5.92 Å². The van der Waals surface area contributed by atoms with E-state index in [-0.39, 0.29) is 6.61 Å². The average Bonchev–Trinajstić information content (AvgIpc) is 2.14. The Labute approximate surface area is 54.0 Å². The number of aliphatic hydroxyl groups excluding tert-OH is 1. The summed E-state index contributed by atoms with van der Waals surface area (Å²) in [5.74, 6) is 0.405. The number of rotatable bonds is 1. The van der Waals surface area contributed by atoms with Gasteiger partial charge in [0.2, 0.25) is 0 Å². The van der Waals surface area contributed by atoms with Gasteiger partial charge in [0, 0.05) is 11.6 Å². The predicted molar refractivity (Wildman–Crippen MR) is 33.7 cm³/mol. The zero-order chi connectivity index (χ0) is 5.98. The van der Waals surface area contributed by atoms with Gasteiger partial charge in [0.25, 0.3) is 0 Å². The van der Waals surface area contributed by atoms with Crippen molar-refractivity contribution < 1.29 is 5.11 Å². The molecule has 0 aliphatic heterocycles. The molecule has 0 aromatic heterocycles. The van der Waals surface area contributed by atoms with Crippen LogP contribution in [-0.2, 0) is 0 Å². The second-order valence-corrected chi connectivity index (χ2v) is 2.62. The van der Waals surface area contributed by atoms with Crippen molar-refractivity contribution in [2.45, 2.75) is 12.8 Å². The van der Waals surface area contributed by atoms with Crippen molar-refractivity contribution in [1.82, 2.24) is 0 Å². The number of hydrogen-bond acceptors (Lipinski definition) is 1. The van der Waals surface area contributed by atoms with Crippen LogP contribution in [0.25, 0.3) is 0 Å². The summed E-state index contributed by atoms with van der Waals surface area (Å²) in [6.45, 7) is 0.271. The molecule has 1 nitrogen and oxygen atoms in total. The molecule has 8 heavy (non-hydrogen) atoms. The zero-order valence-electron chi connectivity index (χ0n) is 4.60. The first-order valence-electron chi connectivity index (χ1n) is 2.78. The van der Waals surface area contributed by atoms with E-state index in [4.69, 9.17) is 16.7 Å². The number of halogens is 1. The predicted octanol–water partition coefficient (Wildman–Crippen LogP) is 1.51. The molecule has 46 valence electrons. The van der Waals surface area contributed by atoms with Gasteiger partial charge in [-0.3, -0.25) is 0 Å². The lowest BCUT2D eigenvalue weighted by atomic mass is 10.1. The van der Waals surface area contributed by atoms with Gasteiger partial charge < -0.3 is 5.11 Å². The van der Waals surface area contributed by atoms with Gasteiger partial charge in [0.1, 0.15) is 0 Å². The van der Waals surface area contributed by atoms with Gasteiger partial charge in [-0.1, -0.05) is 17.7 Å². The maximum absolute atomic E-state index is 8.59. The fourth-order valence-electron chi connectivity index (χ4n) is 0.876. The Bertz CT molecular complexity index is 109. The highest BCUT2D eigenvalue weighted by molar-refractivity contribution is 6.29. The maximum Gasteiger partial charge on any atom is 0.0465 e. The van der Waals surface area contributed by atoms with Crippen LogP contribution in [-0.4, -0.2) is 11.7 Å². The molecule has 0 bridgehead atoms. The van der Waals surface area contributed by atoms with E-state index in [1.807, 2.05) is 6.08 Å². The summed E-state index contributed by atoms with van der Waals surface area (Å²) < 4.78 is 0. The highest BCUT2D eigenvalue weighted by Gasteiger charge is 2.13. The monoisotopic (exact) mass is 132 g/mol. The van der Waals surface area contributed by atoms with Crippen LogP contribution < -0.4 is 0 Å². The summed E-state index contributed by atoms with van der Waals surface area (Å²) in [6, 6.07) is 0. The van der Waals surface area contributed by atoms with E-state index < -0.39 is 0 Å². The van der Waals surface area contributed by atoms with Crippen molar-refractivity contribution in [2.24, 2.45) is 5.92 Å². The molecule has 0 fully saturated rings. The van der Waals surface area contributed by atoms with Gasteiger partial charge in [0.05, 0.1) is 0 Å². The summed E-state index contributed by atoms with van der Waals surface area (Å²) in [4.78, 5) is 0. The molecule has 2 heteroatoms. The molecule has 1 atom stereocenters. The molecule has 0 amide bonds. The van der Waals surface area contributed by atoms with Crippen LogP contribution in [0.3, 0.4) is 0 Å². The molecule has 1 aliphatic carbocycles. The molecule has 0 spiro atoms. The molecule has 0 radical (unpaired) electrons. The van der Waals surface area contributed by atoms with Crippen molar-refractivity contribution >= 4 is 11.6 Å². The average molecular weight is 133 g/mol. The number of aliphatic hydroxyl groups is 1. The van der Waals surface area contributed by atoms with Crippen LogP contribution in [0.1, 0.15) is 12.8 Å². The minimum atomic E-state index is 0.271. The Morgan fingerprint density at radius 1 is 1.88 bits per heavy atom. The van der Waals surface area contributed by atoms with E-state index in [1.54, 1.807) is 0 Å². The SMILES string of the molecule is OCC1CC=C(Cl)C1. The minimum Gasteiger partial charge on any atom is -0.396 e. The third-order valence-corrected chi connectivity index (χ3v) is 1.72. The molecular formula is C6H9ClO. The first-order chi connectivity index (χ1) is 3.83. The van der Waals surface area contributed by atoms with Gasteiger partial charge in [-0.05, 0) is 18.8 Å². The lowest BCUT2D eigenvalue weighted by Gasteiger charge is -2.00. The van der Waals surface area contributed by atoms with E-state index in [0.717, 1.165) is 17.9 Å². The van der Waals surface area contributed by atoms with Crippen LogP contribution in [0.4, 0.5) is 0 Å². The normalized spacial score (nSPS) is 28.2. The minimum absolute atomic E-state index is 0.271. The maximum atomic E-state index is 8.59. The molecule has 0 aromatic carbocycles. The summed E-state index contributed by atoms with van der Waals surface area (Å²) in [6.07, 6.45) is 3.80. The van der Waals surface area contributed by atoms with Crippen LogP contribution in [0.5, 0.6) is 0 Å². The summed E-state index contributed by atoms with van der Waals surface area (Å²) in [7, 11) is 0. The highest BCUT2D eigenvalue weighted by atomic mass is 35.5. The molecule has 1 aliphatic rings. The lowest BCUT2D eigenvalue weighted by Crippen LogP contribution is -1.98. The van der Waals surface area contributed by atoms with Gasteiger partial charge in [0.15, 0.2) is 0 Å². The van der Waals surface area contributed by atoms with Crippen molar-refractivity contribution in [3.05, 3.63) is 11.1 Å². The molecule has 1 N–H and O–H groups in total. The Kier molecular flexibility index (Phi) is 1.92. The van der Waals surface area contributed by atoms with E-state index in [1.165, 1.54) is 0 Å². The summed E-state index contributed by atoms with van der Waals surface area (Å²) in [5, 5.41) is 9.50. The third kappa shape index (κ3) is 1.23. The third-order valence-electron chi connectivity index (χ3n) is 1.41. The van der Waals surface area contributed by atoms with Crippen molar-refractivity contribution in [1.29, 1.82) is 0 Å². The topological polar surface area (TPSA) is 20.2 Å². The second-order valence-electron chi connectivity index (χ2n) is 2.14. The molecule has 0 saturated heterocycles. The molecule has 0 heterocycles. The first-order valence-corrected chi connectivity index (χ1v) is 3.16. The summed E-state index contributed by atoms with van der Waals surface area (Å²) in [5.41, 5.74) is 0. The molecule has 1 unspecified atom stereocenters. The molecule has 0 saturated carbocycles. The largest absolute Gasteiger partial charge is 0.396 e. The Morgan fingerprint density at radius 3 is 2.88 bits per heavy atom. The second kappa shape index (κ2) is 2.51. The van der Waals surface area contributed by atoms with Crippen molar-refractivity contribution in [2.75, 3.05) is 6.61 Å². The van der Waals surface area contributed by atoms with Crippen molar-refractivity contribution in [3.8, 4) is 0 Å². The summed E-state index contributed by atoms with van der Waals surface area (Å²) >= 11 is 5.64.